The van der Waals surface area contributed by atoms with Gasteiger partial charge in [0.15, 0.2) is 5.96 Å². The van der Waals surface area contributed by atoms with Crippen LogP contribution in [0.25, 0.3) is 11.1 Å². The molecule has 1 aromatic carbocycles. The number of alkyl carbamates (subject to hydrolysis) is 1. The molecule has 1 saturated heterocycles. The van der Waals surface area contributed by atoms with Gasteiger partial charge in [0.1, 0.15) is 12.4 Å². The molecule has 1 aliphatic rings. The minimum atomic E-state index is -0.955. The first-order chi connectivity index (χ1) is 16.5. The van der Waals surface area contributed by atoms with Gasteiger partial charge in [-0.2, -0.15) is 0 Å². The molecule has 0 unspecified atom stereocenters. The quantitative estimate of drug-likeness (QED) is 0.132. The number of carbonyl (C=O) groups excluding carboxylic acids is 2. The number of carbonyl (C=O) groups is 2. The highest BCUT2D eigenvalue weighted by atomic mass is 19.1. The van der Waals surface area contributed by atoms with Crippen molar-refractivity contribution in [1.82, 2.24) is 15.3 Å². The molecule has 1 aliphatic heterocycles. The smallest absolute Gasteiger partial charge is 0.414 e. The van der Waals surface area contributed by atoms with Gasteiger partial charge in [-0.05, 0) is 20.8 Å². The number of nitrogens with zero attached hydrogens (tertiary/aromatic N) is 4. The summed E-state index contributed by atoms with van der Waals surface area (Å²) >= 11 is 0. The van der Waals surface area contributed by atoms with E-state index in [1.807, 2.05) is 10.2 Å². The van der Waals surface area contributed by atoms with E-state index in [0.29, 0.717) is 24.6 Å². The van der Waals surface area contributed by atoms with E-state index in [4.69, 9.17) is 25.5 Å². The summed E-state index contributed by atoms with van der Waals surface area (Å²) in [6, 6.07) is 4.65. The first-order valence-electron chi connectivity index (χ1n) is 10.5. The Morgan fingerprint density at radius 2 is 1.91 bits per heavy atom. The second-order valence-electron chi connectivity index (χ2n) is 8.61. The molecule has 12 nitrogen and oxygen atoms in total. The number of anilines is 1. The van der Waals surface area contributed by atoms with Gasteiger partial charge < -0.3 is 24.9 Å². The molecule has 1 aromatic heterocycles. The van der Waals surface area contributed by atoms with Gasteiger partial charge in [0, 0.05) is 29.1 Å². The summed E-state index contributed by atoms with van der Waals surface area (Å²) in [5.74, 6) is -1.10. The Morgan fingerprint density at radius 3 is 2.54 bits per heavy atom. The number of guanidine groups is 1. The Labute approximate surface area is 200 Å². The number of aromatic nitrogens is 2. The third kappa shape index (κ3) is 6.85. The minimum Gasteiger partial charge on any atom is -0.444 e. The van der Waals surface area contributed by atoms with E-state index in [0.717, 1.165) is 5.71 Å². The fourth-order valence-corrected chi connectivity index (χ4v) is 2.83. The van der Waals surface area contributed by atoms with Crippen molar-refractivity contribution >= 4 is 29.7 Å². The molecule has 0 bridgehead atoms. The minimum absolute atomic E-state index is 0.141. The molecule has 1 amide bonds. The highest BCUT2D eigenvalue weighted by molar-refractivity contribution is 5.98. The maximum Gasteiger partial charge on any atom is 0.414 e. The number of nitrogens with one attached hydrogen (secondary N) is 2. The molecule has 0 saturated carbocycles. The van der Waals surface area contributed by atoms with Crippen molar-refractivity contribution in [3.63, 3.8) is 0 Å². The number of oxime groups is 1. The van der Waals surface area contributed by atoms with E-state index in [9.17, 15) is 14.0 Å². The predicted molar refractivity (Wildman–Crippen MR) is 124 cm³/mol. The van der Waals surface area contributed by atoms with Crippen LogP contribution in [0.4, 0.5) is 15.1 Å². The zero-order valence-electron chi connectivity index (χ0n) is 19.5. The van der Waals surface area contributed by atoms with Crippen LogP contribution < -0.4 is 16.0 Å². The Balaban J connectivity index is 1.53. The molecule has 0 radical (unpaired) electrons. The Bertz CT molecular complexity index is 1120. The standard InChI is InChI=1S/C22H26FN7O5/c1-22(2,3)18(31)34-12-35-29-15-9-30(10-15)20-26-7-14(8-27-20)16-6-4-5-13(17(16)23)11-33-21(32)28-19(24)25/h4-8H,9-12H2,1-3H3,(H4,24,25,28,32). The SMILES string of the molecule is CC(C)(C)C(=O)OCON=C1CN(c2ncc(-c3cccc(COC(=O)NC(=N)N)c3F)cn2)C1. The number of hydrogen-bond acceptors (Lipinski definition) is 10. The first kappa shape index (κ1) is 25.3. The number of rotatable bonds is 7. The van der Waals surface area contributed by atoms with Crippen LogP contribution in [0.15, 0.2) is 35.7 Å². The van der Waals surface area contributed by atoms with Crippen molar-refractivity contribution in [2.45, 2.75) is 27.4 Å². The van der Waals surface area contributed by atoms with Crippen molar-refractivity contribution in [2.75, 3.05) is 24.8 Å². The monoisotopic (exact) mass is 487 g/mol. The van der Waals surface area contributed by atoms with E-state index in [1.165, 1.54) is 18.5 Å². The van der Waals surface area contributed by atoms with Crippen molar-refractivity contribution in [1.29, 1.82) is 5.41 Å². The summed E-state index contributed by atoms with van der Waals surface area (Å²) in [5, 5.41) is 12.9. The van der Waals surface area contributed by atoms with E-state index in [2.05, 4.69) is 15.1 Å². The van der Waals surface area contributed by atoms with E-state index < -0.39 is 23.3 Å². The average molecular weight is 487 g/mol. The number of halogens is 1. The van der Waals surface area contributed by atoms with Gasteiger partial charge in [-0.15, -0.1) is 0 Å². The topological polar surface area (TPSA) is 165 Å². The van der Waals surface area contributed by atoms with E-state index in [1.54, 1.807) is 32.9 Å². The summed E-state index contributed by atoms with van der Waals surface area (Å²) in [6.07, 6.45) is 2.03. The Kier molecular flexibility index (Phi) is 7.79. The Hall–Kier alpha value is -4.29. The Morgan fingerprint density at radius 1 is 1.23 bits per heavy atom. The molecule has 2 heterocycles. The van der Waals surface area contributed by atoms with Gasteiger partial charge in [0.2, 0.25) is 5.95 Å². The molecule has 1 fully saturated rings. The van der Waals surface area contributed by atoms with Crippen molar-refractivity contribution in [2.24, 2.45) is 16.3 Å². The highest BCUT2D eigenvalue weighted by Gasteiger charge is 2.26. The fourth-order valence-electron chi connectivity index (χ4n) is 2.83. The van der Waals surface area contributed by atoms with Gasteiger partial charge in [0.25, 0.3) is 6.79 Å². The molecule has 0 aliphatic carbocycles. The average Bonchev–Trinajstić information content (AvgIpc) is 2.76. The zero-order valence-corrected chi connectivity index (χ0v) is 19.5. The molecule has 35 heavy (non-hydrogen) atoms. The van der Waals surface area contributed by atoms with Crippen LogP contribution in [0.1, 0.15) is 26.3 Å². The summed E-state index contributed by atoms with van der Waals surface area (Å²) in [5.41, 5.74) is 6.00. The van der Waals surface area contributed by atoms with Gasteiger partial charge >= 0.3 is 12.1 Å². The molecule has 4 N–H and O–H groups in total. The van der Waals surface area contributed by atoms with Gasteiger partial charge in [-0.25, -0.2) is 19.2 Å². The summed E-state index contributed by atoms with van der Waals surface area (Å²) in [6.45, 7) is 5.51. The number of nitrogens with two attached hydrogens (primary N) is 1. The molecule has 13 heteroatoms. The second kappa shape index (κ2) is 10.8. The van der Waals surface area contributed by atoms with Gasteiger partial charge in [-0.1, -0.05) is 23.4 Å². The van der Waals surface area contributed by atoms with Gasteiger partial charge in [0.05, 0.1) is 24.2 Å². The van der Waals surface area contributed by atoms with Crippen molar-refractivity contribution < 1.29 is 28.3 Å². The third-order valence-corrected chi connectivity index (χ3v) is 4.70. The van der Waals surface area contributed by atoms with Crippen LogP contribution in [-0.4, -0.2) is 53.6 Å². The lowest BCUT2D eigenvalue weighted by Gasteiger charge is -2.31. The highest BCUT2D eigenvalue weighted by Crippen LogP contribution is 2.26. The van der Waals surface area contributed by atoms with Crippen LogP contribution in [0.3, 0.4) is 0 Å². The molecule has 2 aromatic rings. The fraction of sp³-hybridized carbons (Fsp3) is 0.364. The maximum atomic E-state index is 14.9. The zero-order chi connectivity index (χ0) is 25.6. The molecular weight excluding hydrogens is 461 g/mol. The molecule has 0 atom stereocenters. The molecule has 186 valence electrons. The van der Waals surface area contributed by atoms with Crippen LogP contribution in [0.5, 0.6) is 0 Å². The maximum absolute atomic E-state index is 14.9. The van der Waals surface area contributed by atoms with E-state index in [-0.39, 0.29) is 30.5 Å². The lowest BCUT2D eigenvalue weighted by atomic mass is 9.98. The van der Waals surface area contributed by atoms with Crippen LogP contribution in [-0.2, 0) is 25.7 Å². The van der Waals surface area contributed by atoms with Crippen LogP contribution in [0.2, 0.25) is 0 Å². The summed E-state index contributed by atoms with van der Waals surface area (Å²) in [4.78, 5) is 38.5. The van der Waals surface area contributed by atoms with Crippen molar-refractivity contribution in [3.05, 3.63) is 42.0 Å². The van der Waals surface area contributed by atoms with Crippen LogP contribution >= 0.6 is 0 Å². The summed E-state index contributed by atoms with van der Waals surface area (Å²) < 4.78 is 24.8. The number of amides is 1. The number of hydrogen-bond donors (Lipinski definition) is 3. The first-order valence-corrected chi connectivity index (χ1v) is 10.5. The molecular formula is C22H26FN7O5. The van der Waals surface area contributed by atoms with Gasteiger partial charge in [-0.3, -0.25) is 15.5 Å². The van der Waals surface area contributed by atoms with Crippen LogP contribution in [0, 0.1) is 16.6 Å². The lowest BCUT2D eigenvalue weighted by Crippen LogP contribution is -2.48. The van der Waals surface area contributed by atoms with Crippen molar-refractivity contribution in [3.8, 4) is 11.1 Å². The normalized spacial score (nSPS) is 12.9. The lowest BCUT2D eigenvalue weighted by molar-refractivity contribution is -0.165. The molecule has 0 spiro atoms. The number of esters is 1. The summed E-state index contributed by atoms with van der Waals surface area (Å²) in [7, 11) is 0. The second-order valence-corrected chi connectivity index (χ2v) is 8.61. The van der Waals surface area contributed by atoms with E-state index >= 15 is 0 Å². The number of ether oxygens (including phenoxy) is 2. The predicted octanol–water partition coefficient (Wildman–Crippen LogP) is 2.14. The molecule has 3 rings (SSSR count). The number of benzene rings is 1. The third-order valence-electron chi connectivity index (χ3n) is 4.70. The largest absolute Gasteiger partial charge is 0.444 e.